The zero-order chi connectivity index (χ0) is 15.7. The third kappa shape index (κ3) is 11.3. The average molecular weight is 284 g/mol. The van der Waals surface area contributed by atoms with Crippen LogP contribution < -0.4 is 0 Å². The monoisotopic (exact) mass is 284 g/mol. The van der Waals surface area contributed by atoms with Crippen LogP contribution in [0.5, 0.6) is 0 Å². The molecule has 0 aliphatic rings. The van der Waals surface area contributed by atoms with E-state index in [1.165, 1.54) is 31.5 Å². The highest BCUT2D eigenvalue weighted by molar-refractivity contribution is 4.82. The van der Waals surface area contributed by atoms with Crippen molar-refractivity contribution in [1.29, 1.82) is 0 Å². The molecule has 20 heavy (non-hydrogen) atoms. The summed E-state index contributed by atoms with van der Waals surface area (Å²) in [6.07, 6.45) is 6.71. The van der Waals surface area contributed by atoms with Gasteiger partial charge in [0.1, 0.15) is 31.8 Å². The van der Waals surface area contributed by atoms with Gasteiger partial charge < -0.3 is 18.9 Å². The molecule has 0 atom stereocenters. The Morgan fingerprint density at radius 2 is 0.850 bits per heavy atom. The van der Waals surface area contributed by atoms with E-state index in [0.717, 1.165) is 0 Å². The molecule has 0 radical (unpaired) electrons. The molecular formula is C16H28O4. The van der Waals surface area contributed by atoms with E-state index < -0.39 is 5.41 Å². The van der Waals surface area contributed by atoms with Crippen molar-refractivity contribution in [3.63, 3.8) is 0 Å². The van der Waals surface area contributed by atoms with Gasteiger partial charge in [0.25, 0.3) is 0 Å². The van der Waals surface area contributed by atoms with Crippen molar-refractivity contribution in [2.45, 2.75) is 20.3 Å². The molecule has 0 aliphatic heterocycles. The highest BCUT2D eigenvalue weighted by Crippen LogP contribution is 2.21. The molecule has 0 N–H and O–H groups in total. The highest BCUT2D eigenvalue weighted by atomic mass is 16.5. The normalized spacial score (nSPS) is 9.30. The van der Waals surface area contributed by atoms with Crippen molar-refractivity contribution in [3.05, 3.63) is 51.4 Å². The van der Waals surface area contributed by atoms with Crippen molar-refractivity contribution in [1.82, 2.24) is 0 Å². The fourth-order valence-electron chi connectivity index (χ4n) is 1.19. The Labute approximate surface area is 123 Å². The van der Waals surface area contributed by atoms with Crippen molar-refractivity contribution in [3.8, 4) is 0 Å². The molecule has 0 amide bonds. The molecule has 0 saturated carbocycles. The minimum Gasteiger partial charge on any atom is -0.501 e. The summed E-state index contributed by atoms with van der Waals surface area (Å²) >= 11 is 0. The molecule has 0 aromatic heterocycles. The largest absolute Gasteiger partial charge is 0.501 e. The van der Waals surface area contributed by atoms with E-state index in [1.54, 1.807) is 0 Å². The van der Waals surface area contributed by atoms with Crippen molar-refractivity contribution < 1.29 is 18.9 Å². The first-order chi connectivity index (χ1) is 9.66. The van der Waals surface area contributed by atoms with Gasteiger partial charge in [-0.3, -0.25) is 0 Å². The smallest absolute Gasteiger partial charge is 0.106 e. The Hall–Kier alpha value is -1.84. The van der Waals surface area contributed by atoms with Gasteiger partial charge in [-0.25, -0.2) is 0 Å². The molecule has 116 valence electrons. The Morgan fingerprint density at radius 3 is 1.00 bits per heavy atom. The summed E-state index contributed by atoms with van der Waals surface area (Å²) in [7, 11) is 0. The van der Waals surface area contributed by atoms with Gasteiger partial charge in [0.2, 0.25) is 0 Å². The first kappa shape index (κ1) is 20.5. The molecule has 0 aromatic carbocycles. The zero-order valence-electron chi connectivity index (χ0n) is 12.8. The van der Waals surface area contributed by atoms with Crippen LogP contribution in [0.4, 0.5) is 0 Å². The molecule has 0 saturated heterocycles. The first-order valence-electron chi connectivity index (χ1n) is 6.56. The van der Waals surface area contributed by atoms with E-state index in [2.05, 4.69) is 40.2 Å². The molecule has 0 aliphatic carbocycles. The van der Waals surface area contributed by atoms with E-state index >= 15 is 0 Å². The molecule has 0 rings (SSSR count). The zero-order valence-corrected chi connectivity index (χ0v) is 12.8. The second kappa shape index (κ2) is 15.2. The fourth-order valence-corrected chi connectivity index (χ4v) is 1.19. The van der Waals surface area contributed by atoms with Gasteiger partial charge in [0, 0.05) is 0 Å². The summed E-state index contributed by atoms with van der Waals surface area (Å²) in [6, 6.07) is 0. The van der Waals surface area contributed by atoms with Gasteiger partial charge in [-0.05, 0) is 0 Å². The first-order valence-corrected chi connectivity index (χ1v) is 6.56. The van der Waals surface area contributed by atoms with Crippen molar-refractivity contribution in [2.75, 3.05) is 26.4 Å². The summed E-state index contributed by atoms with van der Waals surface area (Å²) in [5.41, 5.74) is -0.468. The Bertz CT molecular complexity index is 208. The Morgan fingerprint density at radius 1 is 0.650 bits per heavy atom. The van der Waals surface area contributed by atoms with E-state index in [4.69, 9.17) is 18.9 Å². The molecular weight excluding hydrogens is 256 g/mol. The van der Waals surface area contributed by atoms with Crippen LogP contribution in [0.3, 0.4) is 0 Å². The minimum absolute atomic E-state index is 0.353. The lowest BCUT2D eigenvalue weighted by atomic mass is 9.92. The molecule has 0 fully saturated rings. The topological polar surface area (TPSA) is 36.9 Å². The fraction of sp³-hybridized carbons (Fsp3) is 0.500. The lowest BCUT2D eigenvalue weighted by Gasteiger charge is -2.30. The SMILES string of the molecule is C=COCC(COC=C)(COC=C)COC=C.CCC. The summed E-state index contributed by atoms with van der Waals surface area (Å²) in [5, 5.41) is 0. The van der Waals surface area contributed by atoms with Crippen LogP contribution in [-0.2, 0) is 18.9 Å². The molecule has 0 unspecified atom stereocenters. The van der Waals surface area contributed by atoms with Crippen LogP contribution >= 0.6 is 0 Å². The maximum atomic E-state index is 5.21. The highest BCUT2D eigenvalue weighted by Gasteiger charge is 2.34. The number of hydrogen-bond donors (Lipinski definition) is 0. The molecule has 0 bridgehead atoms. The summed E-state index contributed by atoms with van der Waals surface area (Å²) < 4.78 is 20.8. The van der Waals surface area contributed by atoms with E-state index in [-0.39, 0.29) is 0 Å². The van der Waals surface area contributed by atoms with Crippen molar-refractivity contribution >= 4 is 0 Å². The van der Waals surface area contributed by atoms with Crippen LogP contribution in [0, 0.1) is 5.41 Å². The third-order valence-corrected chi connectivity index (χ3v) is 2.03. The van der Waals surface area contributed by atoms with E-state index in [9.17, 15) is 0 Å². The van der Waals surface area contributed by atoms with Gasteiger partial charge >= 0.3 is 0 Å². The van der Waals surface area contributed by atoms with Gasteiger partial charge in [0.15, 0.2) is 0 Å². The second-order valence-corrected chi connectivity index (χ2v) is 4.12. The average Bonchev–Trinajstić information content (AvgIpc) is 2.46. The van der Waals surface area contributed by atoms with Crippen LogP contribution in [0.2, 0.25) is 0 Å². The summed E-state index contributed by atoms with van der Waals surface area (Å²) in [4.78, 5) is 0. The molecule has 0 aromatic rings. The van der Waals surface area contributed by atoms with Crippen LogP contribution in [0.15, 0.2) is 51.4 Å². The molecule has 0 heterocycles. The van der Waals surface area contributed by atoms with E-state index in [1.807, 2.05) is 0 Å². The second-order valence-electron chi connectivity index (χ2n) is 4.12. The number of ether oxygens (including phenoxy) is 4. The van der Waals surface area contributed by atoms with E-state index in [0.29, 0.717) is 26.4 Å². The predicted molar refractivity (Wildman–Crippen MR) is 83.0 cm³/mol. The van der Waals surface area contributed by atoms with Crippen LogP contribution in [0.25, 0.3) is 0 Å². The quantitative estimate of drug-likeness (QED) is 0.507. The summed E-state index contributed by atoms with van der Waals surface area (Å²) in [6.45, 7) is 19.7. The summed E-state index contributed by atoms with van der Waals surface area (Å²) in [5.74, 6) is 0. The van der Waals surface area contributed by atoms with Crippen LogP contribution in [-0.4, -0.2) is 26.4 Å². The lowest BCUT2D eigenvalue weighted by Crippen LogP contribution is -2.40. The minimum atomic E-state index is -0.468. The maximum Gasteiger partial charge on any atom is 0.106 e. The van der Waals surface area contributed by atoms with Gasteiger partial charge in [-0.15, -0.1) is 0 Å². The van der Waals surface area contributed by atoms with Crippen molar-refractivity contribution in [2.24, 2.45) is 5.41 Å². The standard InChI is InChI=1S/C13H20O4.C3H8/c1-5-14-9-13(10-15-6-2,11-16-7-3)12-17-8-4;1-3-2/h5-8H,1-4,9-12H2;3H2,1-2H3. The molecule has 0 spiro atoms. The van der Waals surface area contributed by atoms with Crippen LogP contribution in [0.1, 0.15) is 20.3 Å². The molecule has 4 nitrogen and oxygen atoms in total. The number of hydrogen-bond acceptors (Lipinski definition) is 4. The third-order valence-electron chi connectivity index (χ3n) is 2.03. The Balaban J connectivity index is 0. The molecule has 4 heteroatoms. The maximum absolute atomic E-state index is 5.21. The van der Waals surface area contributed by atoms with Gasteiger partial charge in [0.05, 0.1) is 25.0 Å². The predicted octanol–water partition coefficient (Wildman–Crippen LogP) is 4.03. The van der Waals surface area contributed by atoms with Gasteiger partial charge in [-0.1, -0.05) is 46.6 Å². The van der Waals surface area contributed by atoms with Gasteiger partial charge in [-0.2, -0.15) is 0 Å². The Kier molecular flexibility index (Phi) is 15.6. The lowest BCUT2D eigenvalue weighted by molar-refractivity contribution is -0.0471. The number of rotatable bonds is 12.